The predicted octanol–water partition coefficient (Wildman–Crippen LogP) is 3.29. The Morgan fingerprint density at radius 1 is 1.24 bits per heavy atom. The lowest BCUT2D eigenvalue weighted by molar-refractivity contribution is -0.136. The van der Waals surface area contributed by atoms with Crippen LogP contribution in [-0.4, -0.2) is 46.8 Å². The molecule has 1 aromatic rings. The van der Waals surface area contributed by atoms with Gasteiger partial charge in [-0.25, -0.2) is 4.79 Å². The minimum Gasteiger partial charge on any atom is -0.324 e. The van der Waals surface area contributed by atoms with Gasteiger partial charge >= 0.3 is 6.03 Å². The van der Waals surface area contributed by atoms with Crippen molar-refractivity contribution in [3.63, 3.8) is 0 Å². The van der Waals surface area contributed by atoms with E-state index in [0.29, 0.717) is 18.5 Å². The van der Waals surface area contributed by atoms with Crippen LogP contribution >= 0.6 is 15.9 Å². The van der Waals surface area contributed by atoms with Crippen LogP contribution in [0.25, 0.3) is 0 Å². The average molecular weight is 408 g/mol. The fourth-order valence-corrected chi connectivity index (χ4v) is 4.25. The molecule has 6 nitrogen and oxygen atoms in total. The molecule has 0 bridgehead atoms. The lowest BCUT2D eigenvalue weighted by Gasteiger charge is -2.35. The van der Waals surface area contributed by atoms with Crippen LogP contribution < -0.4 is 5.32 Å². The van der Waals surface area contributed by atoms with E-state index in [4.69, 9.17) is 0 Å². The number of carbonyl (C=O) groups is 3. The summed E-state index contributed by atoms with van der Waals surface area (Å²) in [6.07, 6.45) is 4.30. The first kappa shape index (κ1) is 17.9. The Labute approximate surface area is 155 Å². The average Bonchev–Trinajstić information content (AvgIpc) is 2.75. The van der Waals surface area contributed by atoms with Crippen LogP contribution in [0.3, 0.4) is 0 Å². The Balaban J connectivity index is 1.72. The minimum atomic E-state index is -0.747. The molecule has 1 heterocycles. The molecule has 1 aliphatic heterocycles. The highest BCUT2D eigenvalue weighted by atomic mass is 79.9. The van der Waals surface area contributed by atoms with Crippen molar-refractivity contribution in [3.05, 3.63) is 28.2 Å². The lowest BCUT2D eigenvalue weighted by atomic mass is 9.81. The molecular weight excluding hydrogens is 386 g/mol. The third kappa shape index (κ3) is 3.17. The first-order valence-corrected chi connectivity index (χ1v) is 9.30. The first-order valence-electron chi connectivity index (χ1n) is 8.51. The number of anilines is 1. The highest BCUT2D eigenvalue weighted by molar-refractivity contribution is 9.10. The molecular formula is C18H22BrN3O3. The van der Waals surface area contributed by atoms with Crippen molar-refractivity contribution in [1.82, 2.24) is 9.80 Å². The van der Waals surface area contributed by atoms with E-state index in [9.17, 15) is 14.4 Å². The second kappa shape index (κ2) is 6.78. The molecule has 0 atom stereocenters. The molecule has 25 heavy (non-hydrogen) atoms. The van der Waals surface area contributed by atoms with Gasteiger partial charge in [0.1, 0.15) is 12.1 Å². The van der Waals surface area contributed by atoms with Gasteiger partial charge in [0.15, 0.2) is 0 Å². The topological polar surface area (TPSA) is 69.7 Å². The molecule has 0 aromatic heterocycles. The van der Waals surface area contributed by atoms with Crippen molar-refractivity contribution in [2.24, 2.45) is 0 Å². The van der Waals surface area contributed by atoms with E-state index in [-0.39, 0.29) is 24.4 Å². The number of amides is 4. The largest absolute Gasteiger partial charge is 0.327 e. The van der Waals surface area contributed by atoms with Crippen LogP contribution in [-0.2, 0) is 9.59 Å². The predicted molar refractivity (Wildman–Crippen MR) is 98.2 cm³/mol. The molecule has 2 aliphatic rings. The van der Waals surface area contributed by atoms with Crippen LogP contribution in [0.5, 0.6) is 0 Å². The number of likely N-dealkylation sites (N-methyl/N-ethyl adjacent to an activating group) is 1. The summed E-state index contributed by atoms with van der Waals surface area (Å²) < 4.78 is 0.925. The molecule has 2 fully saturated rings. The van der Waals surface area contributed by atoms with Gasteiger partial charge in [0.25, 0.3) is 5.91 Å². The molecule has 1 saturated heterocycles. The number of hydrogen-bond donors (Lipinski definition) is 1. The second-order valence-electron chi connectivity index (χ2n) is 6.83. The van der Waals surface area contributed by atoms with Gasteiger partial charge in [0.05, 0.1) is 0 Å². The number of aryl methyl sites for hydroxylation is 1. The molecule has 7 heteroatoms. The maximum Gasteiger partial charge on any atom is 0.327 e. The van der Waals surface area contributed by atoms with Gasteiger partial charge in [-0.2, -0.15) is 0 Å². The molecule has 4 amide bonds. The SMILES string of the molecule is Cc1cc(Br)ccc1NC(=O)CN1C(=O)N(C)C2(CCCCC2)C1=O. The normalized spacial score (nSPS) is 19.6. The van der Waals surface area contributed by atoms with Crippen LogP contribution in [0.4, 0.5) is 10.5 Å². The van der Waals surface area contributed by atoms with Crippen LogP contribution in [0.15, 0.2) is 22.7 Å². The zero-order valence-electron chi connectivity index (χ0n) is 14.5. The molecule has 134 valence electrons. The van der Waals surface area contributed by atoms with Crippen molar-refractivity contribution in [3.8, 4) is 0 Å². The number of nitrogens with one attached hydrogen (secondary N) is 1. The van der Waals surface area contributed by atoms with Crippen molar-refractivity contribution in [2.45, 2.75) is 44.6 Å². The Hall–Kier alpha value is -1.89. The maximum atomic E-state index is 12.9. The summed E-state index contributed by atoms with van der Waals surface area (Å²) >= 11 is 3.38. The molecule has 0 radical (unpaired) electrons. The van der Waals surface area contributed by atoms with Gasteiger partial charge < -0.3 is 10.2 Å². The van der Waals surface area contributed by atoms with E-state index in [1.54, 1.807) is 13.1 Å². The molecule has 0 unspecified atom stereocenters. The molecule has 3 rings (SSSR count). The monoisotopic (exact) mass is 407 g/mol. The smallest absolute Gasteiger partial charge is 0.324 e. The Bertz CT molecular complexity index is 728. The van der Waals surface area contributed by atoms with Crippen molar-refractivity contribution in [1.29, 1.82) is 0 Å². The molecule has 1 N–H and O–H groups in total. The fraction of sp³-hybridized carbons (Fsp3) is 0.500. The number of carbonyl (C=O) groups excluding carboxylic acids is 3. The van der Waals surface area contributed by atoms with Gasteiger partial charge in [0, 0.05) is 17.2 Å². The van der Waals surface area contributed by atoms with Crippen LogP contribution in [0.1, 0.15) is 37.7 Å². The van der Waals surface area contributed by atoms with E-state index in [0.717, 1.165) is 34.2 Å². The van der Waals surface area contributed by atoms with Gasteiger partial charge in [-0.05, 0) is 43.5 Å². The third-order valence-corrected chi connectivity index (χ3v) is 5.74. The fourth-order valence-electron chi connectivity index (χ4n) is 3.77. The zero-order chi connectivity index (χ0) is 18.2. The Morgan fingerprint density at radius 3 is 2.56 bits per heavy atom. The highest BCUT2D eigenvalue weighted by Crippen LogP contribution is 2.39. The van der Waals surface area contributed by atoms with Gasteiger partial charge in [-0.1, -0.05) is 35.2 Å². The molecule has 1 aliphatic carbocycles. The zero-order valence-corrected chi connectivity index (χ0v) is 16.1. The van der Waals surface area contributed by atoms with Crippen LogP contribution in [0, 0.1) is 6.92 Å². The molecule has 1 spiro atoms. The second-order valence-corrected chi connectivity index (χ2v) is 7.75. The van der Waals surface area contributed by atoms with Crippen molar-refractivity contribution < 1.29 is 14.4 Å². The van der Waals surface area contributed by atoms with Gasteiger partial charge in [-0.15, -0.1) is 0 Å². The Kier molecular flexibility index (Phi) is 4.86. The van der Waals surface area contributed by atoms with E-state index in [2.05, 4.69) is 21.2 Å². The maximum absolute atomic E-state index is 12.9. The molecule has 1 aromatic carbocycles. The summed E-state index contributed by atoms with van der Waals surface area (Å²) in [5.74, 6) is -0.601. The number of halogens is 1. The van der Waals surface area contributed by atoms with E-state index in [1.807, 2.05) is 19.1 Å². The number of urea groups is 1. The van der Waals surface area contributed by atoms with E-state index < -0.39 is 5.54 Å². The number of hydrogen-bond acceptors (Lipinski definition) is 3. The molecule has 1 saturated carbocycles. The van der Waals surface area contributed by atoms with Crippen molar-refractivity contribution >= 4 is 39.5 Å². The Morgan fingerprint density at radius 2 is 1.92 bits per heavy atom. The summed E-state index contributed by atoms with van der Waals surface area (Å²) in [5.41, 5.74) is 0.832. The minimum absolute atomic E-state index is 0.234. The summed E-state index contributed by atoms with van der Waals surface area (Å²) in [4.78, 5) is 40.4. The summed E-state index contributed by atoms with van der Waals surface area (Å²) in [5, 5.41) is 2.79. The summed E-state index contributed by atoms with van der Waals surface area (Å²) in [6, 6.07) is 5.14. The quantitative estimate of drug-likeness (QED) is 0.781. The number of rotatable bonds is 3. The van der Waals surface area contributed by atoms with E-state index >= 15 is 0 Å². The number of nitrogens with zero attached hydrogens (tertiary/aromatic N) is 2. The summed E-state index contributed by atoms with van der Waals surface area (Å²) in [7, 11) is 1.67. The standard InChI is InChI=1S/C18H22BrN3O3/c1-12-10-13(19)6-7-14(12)20-15(23)11-22-16(24)18(21(2)17(22)25)8-4-3-5-9-18/h6-7,10H,3-5,8-9,11H2,1-2H3,(H,20,23). The van der Waals surface area contributed by atoms with E-state index in [1.165, 1.54) is 4.90 Å². The third-order valence-electron chi connectivity index (χ3n) is 5.25. The summed E-state index contributed by atoms with van der Waals surface area (Å²) in [6.45, 7) is 1.64. The van der Waals surface area contributed by atoms with Crippen molar-refractivity contribution in [2.75, 3.05) is 18.9 Å². The van der Waals surface area contributed by atoms with Crippen LogP contribution in [0.2, 0.25) is 0 Å². The van der Waals surface area contributed by atoms with Gasteiger partial charge in [-0.3, -0.25) is 14.5 Å². The first-order chi connectivity index (χ1) is 11.8. The van der Waals surface area contributed by atoms with Gasteiger partial charge in [0.2, 0.25) is 5.91 Å². The lowest BCUT2D eigenvalue weighted by Crippen LogP contribution is -2.49. The highest BCUT2D eigenvalue weighted by Gasteiger charge is 2.55. The number of benzene rings is 1. The number of imide groups is 1.